The molecule has 0 spiro atoms. The molecule has 0 aliphatic carbocycles. The summed E-state index contributed by atoms with van der Waals surface area (Å²) in [7, 11) is 0. The molecule has 4 nitrogen and oxygen atoms in total. The predicted octanol–water partition coefficient (Wildman–Crippen LogP) is 3.42. The first-order valence-electron chi connectivity index (χ1n) is 10.2. The van der Waals surface area contributed by atoms with Crippen LogP contribution in [0.2, 0.25) is 0 Å². The number of nitrogens with zero attached hydrogens (tertiary/aromatic N) is 1. The first kappa shape index (κ1) is 21.4. The van der Waals surface area contributed by atoms with E-state index in [1.807, 2.05) is 0 Å². The molecule has 0 aromatic heterocycles. The molecule has 0 aromatic rings. The van der Waals surface area contributed by atoms with Gasteiger partial charge in [0.05, 0.1) is 5.41 Å². The minimum Gasteiger partial charge on any atom is -0.356 e. The zero-order valence-electron chi connectivity index (χ0n) is 16.6. The van der Waals surface area contributed by atoms with E-state index in [9.17, 15) is 4.79 Å². The highest BCUT2D eigenvalue weighted by Gasteiger charge is 2.44. The van der Waals surface area contributed by atoms with Gasteiger partial charge < -0.3 is 15.5 Å². The molecule has 1 unspecified atom stereocenters. The van der Waals surface area contributed by atoms with Gasteiger partial charge in [-0.15, -0.1) is 0 Å². The lowest BCUT2D eigenvalue weighted by atomic mass is 9.80. The van der Waals surface area contributed by atoms with Crippen molar-refractivity contribution in [3.63, 3.8) is 0 Å². The monoisotopic (exact) mass is 339 g/mol. The molecule has 1 aliphatic rings. The van der Waals surface area contributed by atoms with Gasteiger partial charge in [0.1, 0.15) is 0 Å². The van der Waals surface area contributed by atoms with E-state index in [0.29, 0.717) is 0 Å². The lowest BCUT2D eigenvalue weighted by molar-refractivity contribution is -0.140. The van der Waals surface area contributed by atoms with Gasteiger partial charge in [-0.25, -0.2) is 0 Å². The van der Waals surface area contributed by atoms with Crippen LogP contribution in [0.1, 0.15) is 72.6 Å². The Balaban J connectivity index is 1.97. The Morgan fingerprint density at radius 2 is 1.62 bits per heavy atom. The number of carbonyl (C=O) groups is 1. The number of amides is 1. The van der Waals surface area contributed by atoms with Crippen LogP contribution in [0.3, 0.4) is 0 Å². The van der Waals surface area contributed by atoms with Gasteiger partial charge in [-0.1, -0.05) is 52.9 Å². The van der Waals surface area contributed by atoms with Crippen molar-refractivity contribution < 1.29 is 4.79 Å². The molecule has 142 valence electrons. The summed E-state index contributed by atoms with van der Waals surface area (Å²) in [5, 5.41) is 6.52. The van der Waals surface area contributed by atoms with Crippen molar-refractivity contribution in [2.75, 3.05) is 39.3 Å². The predicted molar refractivity (Wildman–Crippen MR) is 103 cm³/mol. The van der Waals surface area contributed by atoms with Crippen molar-refractivity contribution in [2.45, 2.75) is 72.6 Å². The maximum Gasteiger partial charge on any atom is 0.228 e. The Kier molecular flexibility index (Phi) is 10.6. The zero-order chi connectivity index (χ0) is 17.8. The summed E-state index contributed by atoms with van der Waals surface area (Å²) < 4.78 is 0. The second kappa shape index (κ2) is 11.9. The smallest absolute Gasteiger partial charge is 0.228 e. The Morgan fingerprint density at radius 3 is 2.21 bits per heavy atom. The summed E-state index contributed by atoms with van der Waals surface area (Å²) in [6.45, 7) is 14.8. The second-order valence-electron chi connectivity index (χ2n) is 7.97. The minimum atomic E-state index is -0.153. The first-order chi connectivity index (χ1) is 11.5. The second-order valence-corrected chi connectivity index (χ2v) is 7.97. The normalized spacial score (nSPS) is 18.2. The summed E-state index contributed by atoms with van der Waals surface area (Å²) in [6, 6.07) is 0. The molecule has 1 saturated heterocycles. The van der Waals surface area contributed by atoms with Crippen LogP contribution in [0.4, 0.5) is 0 Å². The van der Waals surface area contributed by atoms with Gasteiger partial charge in [-0.2, -0.15) is 0 Å². The Labute approximate surface area is 150 Å². The molecule has 0 bridgehead atoms. The standard InChI is InChI=1S/C20H41N3O/c1-5-18(3)15-23-16-20(4,17-23)19(24)22-14-12-10-8-7-9-11-13-21-6-2/h18,21H,5-17H2,1-4H3,(H,22,24). The van der Waals surface area contributed by atoms with Gasteiger partial charge >= 0.3 is 0 Å². The van der Waals surface area contributed by atoms with E-state index in [-0.39, 0.29) is 11.3 Å². The van der Waals surface area contributed by atoms with Gasteiger partial charge in [0.25, 0.3) is 0 Å². The summed E-state index contributed by atoms with van der Waals surface area (Å²) in [5.41, 5.74) is -0.153. The molecule has 4 heteroatoms. The van der Waals surface area contributed by atoms with Crippen LogP contribution < -0.4 is 10.6 Å². The Bertz CT molecular complexity index is 340. The summed E-state index contributed by atoms with van der Waals surface area (Å²) in [4.78, 5) is 14.8. The molecule has 1 amide bonds. The van der Waals surface area contributed by atoms with E-state index < -0.39 is 0 Å². The molecule has 1 fully saturated rings. The molecule has 0 radical (unpaired) electrons. The van der Waals surface area contributed by atoms with Crippen molar-refractivity contribution in [3.05, 3.63) is 0 Å². The van der Waals surface area contributed by atoms with Crippen molar-refractivity contribution >= 4 is 5.91 Å². The maximum absolute atomic E-state index is 12.3. The van der Waals surface area contributed by atoms with E-state index in [4.69, 9.17) is 0 Å². The van der Waals surface area contributed by atoms with Crippen LogP contribution in [0, 0.1) is 11.3 Å². The van der Waals surface area contributed by atoms with Crippen LogP contribution in [-0.4, -0.2) is 50.1 Å². The van der Waals surface area contributed by atoms with Gasteiger partial charge in [0.2, 0.25) is 5.91 Å². The highest BCUT2D eigenvalue weighted by Crippen LogP contribution is 2.30. The van der Waals surface area contributed by atoms with Crippen molar-refractivity contribution in [2.24, 2.45) is 11.3 Å². The van der Waals surface area contributed by atoms with Gasteiger partial charge in [-0.3, -0.25) is 4.79 Å². The molecule has 2 N–H and O–H groups in total. The molecular formula is C20H41N3O. The molecule has 1 rings (SSSR count). The zero-order valence-corrected chi connectivity index (χ0v) is 16.6. The van der Waals surface area contributed by atoms with Crippen LogP contribution in [0.25, 0.3) is 0 Å². The summed E-state index contributed by atoms with van der Waals surface area (Å²) in [5.74, 6) is 0.990. The average molecular weight is 340 g/mol. The fraction of sp³-hybridized carbons (Fsp3) is 0.950. The number of carbonyl (C=O) groups excluding carboxylic acids is 1. The minimum absolute atomic E-state index is 0.153. The SMILES string of the molecule is CCNCCCCCCCCNC(=O)C1(C)CN(CC(C)CC)C1. The van der Waals surface area contributed by atoms with Gasteiger partial charge in [0.15, 0.2) is 0 Å². The Morgan fingerprint density at radius 1 is 1.04 bits per heavy atom. The number of unbranched alkanes of at least 4 members (excludes halogenated alkanes) is 5. The highest BCUT2D eigenvalue weighted by molar-refractivity contribution is 5.83. The van der Waals surface area contributed by atoms with E-state index in [1.54, 1.807) is 0 Å². The van der Waals surface area contributed by atoms with Crippen LogP contribution in [0.15, 0.2) is 0 Å². The number of hydrogen-bond donors (Lipinski definition) is 2. The third kappa shape index (κ3) is 7.98. The Hall–Kier alpha value is -0.610. The van der Waals surface area contributed by atoms with Crippen molar-refractivity contribution in [1.29, 1.82) is 0 Å². The van der Waals surface area contributed by atoms with Crippen LogP contribution >= 0.6 is 0 Å². The summed E-state index contributed by atoms with van der Waals surface area (Å²) >= 11 is 0. The topological polar surface area (TPSA) is 44.4 Å². The number of likely N-dealkylation sites (tertiary alicyclic amines) is 1. The highest BCUT2D eigenvalue weighted by atomic mass is 16.2. The third-order valence-corrected chi connectivity index (χ3v) is 5.28. The molecule has 0 aromatic carbocycles. The lowest BCUT2D eigenvalue weighted by Gasteiger charge is -2.47. The maximum atomic E-state index is 12.3. The van der Waals surface area contributed by atoms with Crippen molar-refractivity contribution in [3.8, 4) is 0 Å². The van der Waals surface area contributed by atoms with E-state index in [1.165, 1.54) is 38.5 Å². The quantitative estimate of drug-likeness (QED) is 0.477. The number of nitrogens with one attached hydrogen (secondary N) is 2. The molecular weight excluding hydrogens is 298 g/mol. The van der Waals surface area contributed by atoms with Gasteiger partial charge in [-0.05, 0) is 38.8 Å². The number of rotatable bonds is 14. The fourth-order valence-electron chi connectivity index (χ4n) is 3.46. The number of hydrogen-bond acceptors (Lipinski definition) is 3. The lowest BCUT2D eigenvalue weighted by Crippen LogP contribution is -2.62. The van der Waals surface area contributed by atoms with Gasteiger partial charge in [0, 0.05) is 26.2 Å². The molecule has 1 atom stereocenters. The molecule has 1 aliphatic heterocycles. The molecule has 24 heavy (non-hydrogen) atoms. The van der Waals surface area contributed by atoms with E-state index >= 15 is 0 Å². The van der Waals surface area contributed by atoms with Crippen molar-refractivity contribution in [1.82, 2.24) is 15.5 Å². The van der Waals surface area contributed by atoms with Crippen LogP contribution in [-0.2, 0) is 4.79 Å². The summed E-state index contributed by atoms with van der Waals surface area (Å²) in [6.07, 6.45) is 8.79. The fourth-order valence-corrected chi connectivity index (χ4v) is 3.46. The largest absolute Gasteiger partial charge is 0.356 e. The van der Waals surface area contributed by atoms with Crippen LogP contribution in [0.5, 0.6) is 0 Å². The first-order valence-corrected chi connectivity index (χ1v) is 10.2. The van der Waals surface area contributed by atoms with E-state index in [0.717, 1.165) is 51.6 Å². The molecule has 1 heterocycles. The average Bonchev–Trinajstić information content (AvgIpc) is 2.54. The molecule has 0 saturated carbocycles. The third-order valence-electron chi connectivity index (χ3n) is 5.28. The van der Waals surface area contributed by atoms with E-state index in [2.05, 4.69) is 43.2 Å².